The third-order valence-corrected chi connectivity index (χ3v) is 4.49. The predicted molar refractivity (Wildman–Crippen MR) is 107 cm³/mol. The van der Waals surface area contributed by atoms with Crippen molar-refractivity contribution in [2.45, 2.75) is 6.61 Å². The van der Waals surface area contributed by atoms with Crippen LogP contribution in [0.2, 0.25) is 0 Å². The maximum Gasteiger partial charge on any atom is 0.128 e. The number of hydrogen-bond acceptors (Lipinski definition) is 2. The van der Waals surface area contributed by atoms with E-state index in [1.807, 2.05) is 30.3 Å². The maximum atomic E-state index is 6.22. The highest BCUT2D eigenvalue weighted by atomic mass is 16.5. The lowest BCUT2D eigenvalue weighted by molar-refractivity contribution is 0.308. The molecule has 0 aliphatic carbocycles. The minimum atomic E-state index is 0.538. The zero-order valence-corrected chi connectivity index (χ0v) is 14.7. The third-order valence-electron chi connectivity index (χ3n) is 4.49. The highest BCUT2D eigenvalue weighted by Gasteiger charge is 2.12. The normalized spacial score (nSPS) is 10.7. The molecular weight excluding hydrogens is 320 g/mol. The molecule has 4 aromatic carbocycles. The summed E-state index contributed by atoms with van der Waals surface area (Å²) in [4.78, 5) is 0. The van der Waals surface area contributed by atoms with E-state index >= 15 is 0 Å². The van der Waals surface area contributed by atoms with Crippen LogP contribution in [0.4, 0.5) is 0 Å². The highest BCUT2D eigenvalue weighted by Crippen LogP contribution is 2.38. The van der Waals surface area contributed by atoms with Crippen LogP contribution in [0.25, 0.3) is 21.9 Å². The van der Waals surface area contributed by atoms with Crippen molar-refractivity contribution in [3.05, 3.63) is 96.6 Å². The van der Waals surface area contributed by atoms with Crippen LogP contribution in [-0.4, -0.2) is 7.11 Å². The zero-order valence-electron chi connectivity index (χ0n) is 14.7. The van der Waals surface area contributed by atoms with Crippen molar-refractivity contribution in [1.82, 2.24) is 0 Å². The van der Waals surface area contributed by atoms with Gasteiger partial charge in [-0.2, -0.15) is 0 Å². The van der Waals surface area contributed by atoms with Crippen LogP contribution in [-0.2, 0) is 6.61 Å². The number of rotatable bonds is 5. The Balaban J connectivity index is 1.81. The Kier molecular flexibility index (Phi) is 4.57. The van der Waals surface area contributed by atoms with E-state index < -0.39 is 0 Å². The lowest BCUT2D eigenvalue weighted by atomic mass is 9.97. The summed E-state index contributed by atoms with van der Waals surface area (Å²) >= 11 is 0. The molecule has 0 fully saturated rings. The number of fused-ring (bicyclic) bond motifs is 1. The van der Waals surface area contributed by atoms with E-state index in [2.05, 4.69) is 60.7 Å². The summed E-state index contributed by atoms with van der Waals surface area (Å²) in [6.45, 7) is 0.538. The molecule has 0 saturated heterocycles. The van der Waals surface area contributed by atoms with Gasteiger partial charge in [0, 0.05) is 5.56 Å². The first-order valence-electron chi connectivity index (χ1n) is 8.68. The molecule has 0 atom stereocenters. The SMILES string of the molecule is COc1cccc(-c2c(OCc3ccccc3)ccc3ccccc23)c1. The van der Waals surface area contributed by atoms with Crippen LogP contribution < -0.4 is 9.47 Å². The Morgan fingerprint density at radius 2 is 1.54 bits per heavy atom. The Morgan fingerprint density at radius 1 is 0.731 bits per heavy atom. The topological polar surface area (TPSA) is 18.5 Å². The summed E-state index contributed by atoms with van der Waals surface area (Å²) < 4.78 is 11.6. The molecule has 4 rings (SSSR count). The molecule has 0 spiro atoms. The minimum absolute atomic E-state index is 0.538. The summed E-state index contributed by atoms with van der Waals surface area (Å²) in [5.41, 5.74) is 3.33. The standard InChI is InChI=1S/C24H20O2/c1-25-21-12-7-11-20(16-21)24-22-13-6-5-10-19(22)14-15-23(24)26-17-18-8-3-2-4-9-18/h2-16H,17H2,1H3. The summed E-state index contributed by atoms with van der Waals surface area (Å²) in [5.74, 6) is 1.71. The fourth-order valence-corrected chi connectivity index (χ4v) is 3.18. The summed E-state index contributed by atoms with van der Waals surface area (Å²) in [6.07, 6.45) is 0. The maximum absolute atomic E-state index is 6.22. The molecule has 0 bridgehead atoms. The van der Waals surface area contributed by atoms with Crippen molar-refractivity contribution in [3.63, 3.8) is 0 Å². The monoisotopic (exact) mass is 340 g/mol. The molecule has 0 N–H and O–H groups in total. The van der Waals surface area contributed by atoms with Gasteiger partial charge in [0.05, 0.1) is 7.11 Å². The number of ether oxygens (including phenoxy) is 2. The molecular formula is C24H20O2. The molecule has 4 aromatic rings. The highest BCUT2D eigenvalue weighted by molar-refractivity contribution is 5.99. The average molecular weight is 340 g/mol. The second-order valence-corrected chi connectivity index (χ2v) is 6.17. The summed E-state index contributed by atoms with van der Waals surface area (Å²) in [6, 6.07) is 30.9. The van der Waals surface area contributed by atoms with Gasteiger partial charge in [0.15, 0.2) is 0 Å². The molecule has 2 heteroatoms. The molecule has 128 valence electrons. The number of hydrogen-bond donors (Lipinski definition) is 0. The molecule has 0 saturated carbocycles. The zero-order chi connectivity index (χ0) is 17.8. The molecule has 0 amide bonds. The van der Waals surface area contributed by atoms with Crippen molar-refractivity contribution in [2.75, 3.05) is 7.11 Å². The second-order valence-electron chi connectivity index (χ2n) is 6.17. The molecule has 0 aliphatic rings. The Hall–Kier alpha value is -3.26. The van der Waals surface area contributed by atoms with Crippen molar-refractivity contribution in [2.24, 2.45) is 0 Å². The van der Waals surface area contributed by atoms with Crippen molar-refractivity contribution in [3.8, 4) is 22.6 Å². The predicted octanol–water partition coefficient (Wildman–Crippen LogP) is 6.09. The minimum Gasteiger partial charge on any atom is -0.497 e. The smallest absolute Gasteiger partial charge is 0.128 e. The van der Waals surface area contributed by atoms with Crippen molar-refractivity contribution >= 4 is 10.8 Å². The van der Waals surface area contributed by atoms with Gasteiger partial charge in [0.25, 0.3) is 0 Å². The van der Waals surface area contributed by atoms with E-state index in [0.29, 0.717) is 6.61 Å². The lowest BCUT2D eigenvalue weighted by Crippen LogP contribution is -1.97. The van der Waals surface area contributed by atoms with Gasteiger partial charge < -0.3 is 9.47 Å². The van der Waals surface area contributed by atoms with Gasteiger partial charge in [-0.15, -0.1) is 0 Å². The molecule has 26 heavy (non-hydrogen) atoms. The van der Waals surface area contributed by atoms with E-state index in [1.165, 1.54) is 10.8 Å². The van der Waals surface area contributed by atoms with Crippen LogP contribution >= 0.6 is 0 Å². The first kappa shape index (κ1) is 16.2. The fraction of sp³-hybridized carbons (Fsp3) is 0.0833. The molecule has 0 aliphatic heterocycles. The van der Waals surface area contributed by atoms with Crippen LogP contribution in [0.5, 0.6) is 11.5 Å². The largest absolute Gasteiger partial charge is 0.497 e. The lowest BCUT2D eigenvalue weighted by Gasteiger charge is -2.15. The van der Waals surface area contributed by atoms with Crippen molar-refractivity contribution < 1.29 is 9.47 Å². The van der Waals surface area contributed by atoms with Gasteiger partial charge in [0.2, 0.25) is 0 Å². The van der Waals surface area contributed by atoms with Gasteiger partial charge in [-0.1, -0.05) is 72.8 Å². The average Bonchev–Trinajstić information content (AvgIpc) is 2.72. The number of methoxy groups -OCH3 is 1. The van der Waals surface area contributed by atoms with E-state index in [1.54, 1.807) is 7.11 Å². The Bertz CT molecular complexity index is 1020. The number of benzene rings is 4. The van der Waals surface area contributed by atoms with E-state index in [0.717, 1.165) is 28.2 Å². The van der Waals surface area contributed by atoms with E-state index in [-0.39, 0.29) is 0 Å². The van der Waals surface area contributed by atoms with E-state index in [4.69, 9.17) is 9.47 Å². The molecule has 0 heterocycles. The van der Waals surface area contributed by atoms with Crippen LogP contribution in [0.15, 0.2) is 91.0 Å². The van der Waals surface area contributed by atoms with Gasteiger partial charge in [-0.25, -0.2) is 0 Å². The molecule has 2 nitrogen and oxygen atoms in total. The van der Waals surface area contributed by atoms with Gasteiger partial charge in [0.1, 0.15) is 18.1 Å². The molecule has 0 radical (unpaired) electrons. The van der Waals surface area contributed by atoms with Crippen LogP contribution in [0.1, 0.15) is 5.56 Å². The summed E-state index contributed by atoms with van der Waals surface area (Å²) in [5, 5.41) is 2.36. The van der Waals surface area contributed by atoms with Crippen LogP contribution in [0.3, 0.4) is 0 Å². The van der Waals surface area contributed by atoms with Crippen LogP contribution in [0, 0.1) is 0 Å². The first-order valence-corrected chi connectivity index (χ1v) is 8.68. The Morgan fingerprint density at radius 3 is 2.38 bits per heavy atom. The van der Waals surface area contributed by atoms with Crippen molar-refractivity contribution in [1.29, 1.82) is 0 Å². The second kappa shape index (κ2) is 7.32. The van der Waals surface area contributed by atoms with E-state index in [9.17, 15) is 0 Å². The quantitative estimate of drug-likeness (QED) is 0.437. The Labute approximate surface area is 153 Å². The third kappa shape index (κ3) is 3.27. The fourth-order valence-electron chi connectivity index (χ4n) is 3.18. The molecule has 0 aromatic heterocycles. The van der Waals surface area contributed by atoms with Gasteiger partial charge >= 0.3 is 0 Å². The first-order chi connectivity index (χ1) is 12.8. The van der Waals surface area contributed by atoms with Gasteiger partial charge in [-0.3, -0.25) is 0 Å². The molecule has 0 unspecified atom stereocenters. The van der Waals surface area contributed by atoms with Gasteiger partial charge in [-0.05, 0) is 40.1 Å². The summed E-state index contributed by atoms with van der Waals surface area (Å²) in [7, 11) is 1.69.